The zero-order chi connectivity index (χ0) is 11.4. The van der Waals surface area contributed by atoms with Gasteiger partial charge in [0.15, 0.2) is 0 Å². The fourth-order valence-electron chi connectivity index (χ4n) is 1.04. The minimum atomic E-state index is -1.36. The summed E-state index contributed by atoms with van der Waals surface area (Å²) in [5, 5.41) is 11.1. The van der Waals surface area contributed by atoms with Crippen LogP contribution in [0, 0.1) is 0 Å². The van der Waals surface area contributed by atoms with Crippen LogP contribution in [0.1, 0.15) is 27.6 Å². The molecule has 0 aliphatic carbocycles. The van der Waals surface area contributed by atoms with Gasteiger partial charge >= 0.3 is 5.97 Å². The van der Waals surface area contributed by atoms with E-state index in [0.717, 1.165) is 6.07 Å². The average molecular weight is 210 g/mol. The molecular weight excluding hydrogens is 200 g/mol. The molecule has 0 aliphatic rings. The Kier molecular flexibility index (Phi) is 3.22. The number of carbonyl (C=O) groups excluding carboxylic acids is 1. The molecule has 1 amide bonds. The number of aromatic amines is 1. The number of nitrogens with one attached hydrogen (secondary N) is 2. The molecule has 0 radical (unpaired) electrons. The van der Waals surface area contributed by atoms with Gasteiger partial charge in [-0.15, -0.1) is 0 Å². The highest BCUT2D eigenvalue weighted by Gasteiger charge is 2.12. The normalized spacial score (nSPS) is 9.67. The zero-order valence-corrected chi connectivity index (χ0v) is 8.03. The largest absolute Gasteiger partial charge is 0.477 e. The summed E-state index contributed by atoms with van der Waals surface area (Å²) in [5.74, 6) is -1.78. The van der Waals surface area contributed by atoms with Crippen LogP contribution >= 0.6 is 0 Å². The lowest BCUT2D eigenvalue weighted by Gasteiger charge is -2.02. The maximum atomic E-state index is 11.3. The molecule has 6 nitrogen and oxygen atoms in total. The third kappa shape index (κ3) is 2.43. The maximum Gasteiger partial charge on any atom is 0.341 e. The summed E-state index contributed by atoms with van der Waals surface area (Å²) < 4.78 is 0. The molecule has 1 rings (SSSR count). The van der Waals surface area contributed by atoms with E-state index in [1.807, 2.05) is 0 Å². The van der Waals surface area contributed by atoms with Crippen molar-refractivity contribution in [3.63, 3.8) is 0 Å². The summed E-state index contributed by atoms with van der Waals surface area (Å²) in [5.41, 5.74) is -1.05. The second-order valence-corrected chi connectivity index (χ2v) is 2.80. The minimum Gasteiger partial charge on any atom is -0.477 e. The van der Waals surface area contributed by atoms with E-state index in [9.17, 15) is 14.4 Å². The first-order valence-corrected chi connectivity index (χ1v) is 4.30. The Morgan fingerprint density at radius 2 is 2.20 bits per heavy atom. The van der Waals surface area contributed by atoms with Gasteiger partial charge in [0, 0.05) is 12.7 Å². The van der Waals surface area contributed by atoms with Gasteiger partial charge in [0.05, 0.1) is 5.56 Å². The van der Waals surface area contributed by atoms with E-state index in [0.29, 0.717) is 6.54 Å². The molecule has 1 aromatic heterocycles. The lowest BCUT2D eigenvalue weighted by molar-refractivity contribution is 0.0695. The highest BCUT2D eigenvalue weighted by Crippen LogP contribution is 1.98. The van der Waals surface area contributed by atoms with Gasteiger partial charge in [-0.2, -0.15) is 0 Å². The van der Waals surface area contributed by atoms with Gasteiger partial charge in [-0.25, -0.2) is 4.79 Å². The van der Waals surface area contributed by atoms with E-state index in [2.05, 4.69) is 10.3 Å². The molecule has 6 heteroatoms. The van der Waals surface area contributed by atoms with Crippen LogP contribution in [-0.2, 0) is 0 Å². The minimum absolute atomic E-state index is 0.119. The Morgan fingerprint density at radius 1 is 1.53 bits per heavy atom. The van der Waals surface area contributed by atoms with Gasteiger partial charge < -0.3 is 15.4 Å². The van der Waals surface area contributed by atoms with Crippen LogP contribution in [0.3, 0.4) is 0 Å². The lowest BCUT2D eigenvalue weighted by atomic mass is 10.2. The summed E-state index contributed by atoms with van der Waals surface area (Å²) in [7, 11) is 0. The van der Waals surface area contributed by atoms with Crippen molar-refractivity contribution in [3.05, 3.63) is 33.7 Å². The fraction of sp³-hybridized carbons (Fsp3) is 0.222. The molecule has 15 heavy (non-hydrogen) atoms. The van der Waals surface area contributed by atoms with Crippen molar-refractivity contribution >= 4 is 11.9 Å². The molecule has 0 saturated carbocycles. The van der Waals surface area contributed by atoms with E-state index >= 15 is 0 Å². The van der Waals surface area contributed by atoms with E-state index < -0.39 is 23.0 Å². The van der Waals surface area contributed by atoms with Crippen LogP contribution in [0.4, 0.5) is 0 Å². The first-order valence-electron chi connectivity index (χ1n) is 4.30. The van der Waals surface area contributed by atoms with Gasteiger partial charge in [0.1, 0.15) is 5.56 Å². The van der Waals surface area contributed by atoms with Crippen LogP contribution < -0.4 is 10.9 Å². The molecule has 1 heterocycles. The van der Waals surface area contributed by atoms with Crippen LogP contribution in [0.25, 0.3) is 0 Å². The second kappa shape index (κ2) is 4.41. The summed E-state index contributed by atoms with van der Waals surface area (Å²) in [6.07, 6.45) is 1.18. The van der Waals surface area contributed by atoms with Gasteiger partial charge in [-0.3, -0.25) is 9.59 Å². The summed E-state index contributed by atoms with van der Waals surface area (Å²) in [6, 6.07) is 1.05. The van der Waals surface area contributed by atoms with E-state index in [4.69, 9.17) is 5.11 Å². The average Bonchev–Trinajstić information content (AvgIpc) is 2.18. The van der Waals surface area contributed by atoms with Crippen molar-refractivity contribution in [2.75, 3.05) is 6.54 Å². The van der Waals surface area contributed by atoms with Gasteiger partial charge in [0.2, 0.25) is 0 Å². The van der Waals surface area contributed by atoms with Crippen LogP contribution in [0.2, 0.25) is 0 Å². The highest BCUT2D eigenvalue weighted by atomic mass is 16.4. The third-order valence-electron chi connectivity index (χ3n) is 1.73. The van der Waals surface area contributed by atoms with E-state index in [-0.39, 0.29) is 5.56 Å². The molecular formula is C9H10N2O4. The van der Waals surface area contributed by atoms with E-state index in [1.165, 1.54) is 6.20 Å². The molecule has 0 atom stereocenters. The van der Waals surface area contributed by atoms with Crippen molar-refractivity contribution in [2.45, 2.75) is 6.92 Å². The molecule has 3 N–H and O–H groups in total. The van der Waals surface area contributed by atoms with Gasteiger partial charge in [-0.1, -0.05) is 0 Å². The molecule has 80 valence electrons. The first-order chi connectivity index (χ1) is 7.06. The maximum absolute atomic E-state index is 11.3. The first kappa shape index (κ1) is 11.0. The summed E-state index contributed by atoms with van der Waals surface area (Å²) in [6.45, 7) is 2.17. The van der Waals surface area contributed by atoms with Crippen molar-refractivity contribution < 1.29 is 14.7 Å². The number of carboxylic acid groups (broad SMARTS) is 1. The number of hydrogen-bond acceptors (Lipinski definition) is 3. The topological polar surface area (TPSA) is 99.3 Å². The Balaban J connectivity index is 3.13. The van der Waals surface area contributed by atoms with Crippen molar-refractivity contribution in [3.8, 4) is 0 Å². The van der Waals surface area contributed by atoms with Crippen molar-refractivity contribution in [2.24, 2.45) is 0 Å². The summed E-state index contributed by atoms with van der Waals surface area (Å²) >= 11 is 0. The van der Waals surface area contributed by atoms with Crippen molar-refractivity contribution in [1.29, 1.82) is 0 Å². The number of rotatable bonds is 3. The number of amides is 1. The number of carbonyl (C=O) groups is 2. The van der Waals surface area contributed by atoms with Crippen LogP contribution in [0.5, 0.6) is 0 Å². The van der Waals surface area contributed by atoms with Gasteiger partial charge in [-0.05, 0) is 13.0 Å². The smallest absolute Gasteiger partial charge is 0.341 e. The SMILES string of the molecule is CCNC(=O)c1c[nH]c(=O)c(C(=O)O)c1. The van der Waals surface area contributed by atoms with Crippen molar-refractivity contribution in [1.82, 2.24) is 10.3 Å². The third-order valence-corrected chi connectivity index (χ3v) is 1.73. The molecule has 0 spiro atoms. The van der Waals surface area contributed by atoms with E-state index in [1.54, 1.807) is 6.92 Å². The predicted octanol–water partition coefficient (Wildman–Crippen LogP) is -0.177. The fourth-order valence-corrected chi connectivity index (χ4v) is 1.04. The Bertz CT molecular complexity index is 450. The van der Waals surface area contributed by atoms with Crippen LogP contribution in [-0.4, -0.2) is 28.5 Å². The molecule has 0 fully saturated rings. The summed E-state index contributed by atoms with van der Waals surface area (Å²) in [4.78, 5) is 35.1. The van der Waals surface area contributed by atoms with Crippen LogP contribution in [0.15, 0.2) is 17.1 Å². The number of carboxylic acids is 1. The number of H-pyrrole nitrogens is 1. The second-order valence-electron chi connectivity index (χ2n) is 2.80. The number of aromatic nitrogens is 1. The highest BCUT2D eigenvalue weighted by molar-refractivity contribution is 5.96. The standard InChI is InChI=1S/C9H10N2O4/c1-2-10-7(12)5-3-6(9(14)15)8(13)11-4-5/h3-4H,2H2,1H3,(H,10,12)(H,11,13)(H,14,15). The predicted molar refractivity (Wildman–Crippen MR) is 52.0 cm³/mol. The Hall–Kier alpha value is -2.11. The molecule has 0 unspecified atom stereocenters. The number of hydrogen-bond donors (Lipinski definition) is 3. The lowest BCUT2D eigenvalue weighted by Crippen LogP contribution is -2.25. The quantitative estimate of drug-likeness (QED) is 0.644. The monoisotopic (exact) mass is 210 g/mol. The van der Waals surface area contributed by atoms with Gasteiger partial charge in [0.25, 0.3) is 11.5 Å². The number of aromatic carboxylic acids is 1. The molecule has 0 aliphatic heterocycles. The number of pyridine rings is 1. The molecule has 1 aromatic rings. The Morgan fingerprint density at radius 3 is 2.73 bits per heavy atom. The molecule has 0 saturated heterocycles. The molecule has 0 aromatic carbocycles. The molecule has 0 bridgehead atoms. The Labute approximate surface area is 84.9 Å². The zero-order valence-electron chi connectivity index (χ0n) is 8.03.